The van der Waals surface area contributed by atoms with Crippen LogP contribution >= 0.6 is 0 Å². The van der Waals surface area contributed by atoms with Crippen molar-refractivity contribution in [3.63, 3.8) is 0 Å². The predicted molar refractivity (Wildman–Crippen MR) is 195 cm³/mol. The Morgan fingerprint density at radius 2 is 1.75 bits per heavy atom. The van der Waals surface area contributed by atoms with Crippen LogP contribution in [0.4, 0.5) is 13.6 Å². The summed E-state index contributed by atoms with van der Waals surface area (Å²) in [5.74, 6) is -2.91. The van der Waals surface area contributed by atoms with Gasteiger partial charge in [-0.2, -0.15) is 0 Å². The molecule has 268 valence electrons. The van der Waals surface area contributed by atoms with Gasteiger partial charge in [-0.25, -0.2) is 13.6 Å². The average molecular weight is 696 g/mol. The summed E-state index contributed by atoms with van der Waals surface area (Å²) in [6, 6.07) is 22.7. The number of ketones is 1. The SMILES string of the molecule is CCOC(=O)N(Cc1cccc2ccccc12)CC1(O)CCC2c3ccc(cc3C(=O)c3ccc(F)c(F)c3)CC(O)CCC(C)=CCCC21C. The van der Waals surface area contributed by atoms with Crippen LogP contribution in [0.2, 0.25) is 0 Å². The summed E-state index contributed by atoms with van der Waals surface area (Å²) < 4.78 is 33.9. The van der Waals surface area contributed by atoms with E-state index in [1.165, 1.54) is 6.07 Å². The Kier molecular flexibility index (Phi) is 10.7. The summed E-state index contributed by atoms with van der Waals surface area (Å²) in [6.07, 6.45) is 4.69. The molecule has 0 heterocycles. The third-order valence-electron chi connectivity index (χ3n) is 11.3. The summed E-state index contributed by atoms with van der Waals surface area (Å²) >= 11 is 0. The summed E-state index contributed by atoms with van der Waals surface area (Å²) in [5.41, 5.74) is 1.72. The number of nitrogens with zero attached hydrogens (tertiary/aromatic N) is 1. The van der Waals surface area contributed by atoms with Gasteiger partial charge < -0.3 is 19.8 Å². The van der Waals surface area contributed by atoms with Crippen molar-refractivity contribution in [3.8, 4) is 0 Å². The Morgan fingerprint density at radius 3 is 2.53 bits per heavy atom. The van der Waals surface area contributed by atoms with Gasteiger partial charge in [-0.05, 0) is 116 Å². The number of carbonyl (C=O) groups excluding carboxylic acids is 2. The zero-order valence-corrected chi connectivity index (χ0v) is 29.6. The van der Waals surface area contributed by atoms with Crippen LogP contribution in [0.1, 0.15) is 97.8 Å². The van der Waals surface area contributed by atoms with Gasteiger partial charge in [0.25, 0.3) is 0 Å². The van der Waals surface area contributed by atoms with Gasteiger partial charge >= 0.3 is 6.09 Å². The highest BCUT2D eigenvalue weighted by atomic mass is 19.2. The van der Waals surface area contributed by atoms with E-state index in [9.17, 15) is 28.6 Å². The molecule has 7 rings (SSSR count). The number of ether oxygens (including phenoxy) is 1. The van der Waals surface area contributed by atoms with Gasteiger partial charge in [-0.15, -0.1) is 0 Å². The van der Waals surface area contributed by atoms with Crippen LogP contribution in [0.15, 0.2) is 90.5 Å². The van der Waals surface area contributed by atoms with E-state index in [4.69, 9.17) is 4.74 Å². The van der Waals surface area contributed by atoms with Crippen LogP contribution in [0, 0.1) is 17.0 Å². The van der Waals surface area contributed by atoms with Crippen LogP contribution < -0.4 is 0 Å². The number of halogens is 2. The predicted octanol–water partition coefficient (Wildman–Crippen LogP) is 9.05. The molecule has 0 spiro atoms. The number of allylic oxidation sites excluding steroid dienone is 2. The normalized spacial score (nSPS) is 23.7. The highest BCUT2D eigenvalue weighted by molar-refractivity contribution is 6.10. The molecule has 3 aliphatic rings. The summed E-state index contributed by atoms with van der Waals surface area (Å²) in [6.45, 7) is 6.29. The maximum Gasteiger partial charge on any atom is 0.410 e. The van der Waals surface area contributed by atoms with E-state index in [2.05, 4.69) is 13.0 Å². The number of fused-ring (bicyclic) bond motifs is 9. The molecule has 0 aromatic heterocycles. The van der Waals surface area contributed by atoms with Gasteiger partial charge in [0.05, 0.1) is 24.9 Å². The van der Waals surface area contributed by atoms with Gasteiger partial charge in [-0.3, -0.25) is 4.79 Å². The quantitative estimate of drug-likeness (QED) is 0.149. The minimum atomic E-state index is -1.37. The number of carbonyl (C=O) groups is 2. The molecule has 0 radical (unpaired) electrons. The molecule has 2 bridgehead atoms. The Morgan fingerprint density at radius 1 is 0.961 bits per heavy atom. The van der Waals surface area contributed by atoms with Gasteiger partial charge in [0, 0.05) is 23.1 Å². The molecule has 4 atom stereocenters. The number of hydrogen-bond acceptors (Lipinski definition) is 5. The zero-order valence-electron chi connectivity index (χ0n) is 29.6. The zero-order chi connectivity index (χ0) is 36.3. The van der Waals surface area contributed by atoms with E-state index < -0.39 is 40.6 Å². The summed E-state index contributed by atoms with van der Waals surface area (Å²) in [7, 11) is 0. The number of amides is 1. The maximum atomic E-state index is 14.4. The first-order valence-corrected chi connectivity index (χ1v) is 18.0. The lowest BCUT2D eigenvalue weighted by atomic mass is 9.64. The lowest BCUT2D eigenvalue weighted by Gasteiger charge is -2.46. The van der Waals surface area contributed by atoms with E-state index in [0.29, 0.717) is 56.1 Å². The van der Waals surface area contributed by atoms with Crippen molar-refractivity contribution in [2.45, 2.75) is 89.9 Å². The van der Waals surface area contributed by atoms with Crippen molar-refractivity contribution >= 4 is 22.6 Å². The number of rotatable bonds is 7. The second-order valence-corrected chi connectivity index (χ2v) is 14.6. The van der Waals surface area contributed by atoms with E-state index in [-0.39, 0.29) is 31.2 Å². The number of hydrogen-bond donors (Lipinski definition) is 2. The fourth-order valence-electron chi connectivity index (χ4n) is 8.34. The second kappa shape index (κ2) is 15.1. The highest BCUT2D eigenvalue weighted by Crippen LogP contribution is 2.59. The summed E-state index contributed by atoms with van der Waals surface area (Å²) in [4.78, 5) is 29.4. The highest BCUT2D eigenvalue weighted by Gasteiger charge is 2.57. The minimum Gasteiger partial charge on any atom is -0.450 e. The molecule has 4 aromatic carbocycles. The standard InChI is InChI=1S/C43H47F2NO5/c1-4-51-41(49)46(26-32-12-7-11-30-10-5-6-13-34(30)32)27-43(50)22-20-37-35-18-15-29(23-33(47)17-14-28(2)9-8-21-42(37,43)3)24-36(35)40(48)31-16-19-38(44)39(45)25-31/h5-7,9-13,15-16,18-19,24-25,33,37,47,50H,4,8,14,17,20-23,26-27H2,1-3H3. The minimum absolute atomic E-state index is 0.0154. The fourth-order valence-corrected chi connectivity index (χ4v) is 8.34. The van der Waals surface area contributed by atoms with Crippen LogP contribution in [-0.4, -0.2) is 51.8 Å². The Balaban J connectivity index is 1.44. The lowest BCUT2D eigenvalue weighted by molar-refractivity contribution is -0.0820. The van der Waals surface area contributed by atoms with Gasteiger partial charge in [0.1, 0.15) is 0 Å². The number of aliphatic hydroxyl groups is 2. The molecule has 4 aromatic rings. The van der Waals surface area contributed by atoms with Crippen molar-refractivity contribution in [3.05, 3.63) is 130 Å². The molecule has 0 saturated heterocycles. The molecule has 6 nitrogen and oxygen atoms in total. The fraction of sp³-hybridized carbons (Fsp3) is 0.395. The van der Waals surface area contributed by atoms with Crippen molar-refractivity contribution in [1.82, 2.24) is 4.90 Å². The van der Waals surface area contributed by atoms with Crippen LogP contribution in [0.25, 0.3) is 10.8 Å². The molecule has 1 saturated carbocycles. The number of benzene rings is 4. The molecular formula is C43H47F2NO5. The third-order valence-corrected chi connectivity index (χ3v) is 11.3. The summed E-state index contributed by atoms with van der Waals surface area (Å²) in [5, 5.41) is 25.9. The molecule has 8 heteroatoms. The molecule has 1 amide bonds. The largest absolute Gasteiger partial charge is 0.450 e. The van der Waals surface area contributed by atoms with Gasteiger partial charge in [0.15, 0.2) is 17.4 Å². The third kappa shape index (κ3) is 7.49. The van der Waals surface area contributed by atoms with E-state index in [0.717, 1.165) is 39.6 Å². The maximum absolute atomic E-state index is 14.4. The van der Waals surface area contributed by atoms with E-state index in [1.807, 2.05) is 61.5 Å². The first kappa shape index (κ1) is 36.4. The Bertz CT molecular complexity index is 1950. The van der Waals surface area contributed by atoms with Crippen molar-refractivity contribution in [1.29, 1.82) is 0 Å². The molecule has 3 aliphatic carbocycles. The van der Waals surface area contributed by atoms with Crippen molar-refractivity contribution in [2.75, 3.05) is 13.2 Å². The Hall–Kier alpha value is -4.40. The van der Waals surface area contributed by atoms with Crippen molar-refractivity contribution in [2.24, 2.45) is 5.41 Å². The molecule has 1 fully saturated rings. The monoisotopic (exact) mass is 695 g/mol. The first-order valence-electron chi connectivity index (χ1n) is 18.0. The first-order chi connectivity index (χ1) is 24.4. The van der Waals surface area contributed by atoms with E-state index >= 15 is 0 Å². The van der Waals surface area contributed by atoms with Crippen LogP contribution in [0.5, 0.6) is 0 Å². The van der Waals surface area contributed by atoms with Crippen LogP contribution in [0.3, 0.4) is 0 Å². The molecule has 2 N–H and O–H groups in total. The van der Waals surface area contributed by atoms with Crippen molar-refractivity contribution < 1.29 is 33.3 Å². The molecular weight excluding hydrogens is 648 g/mol. The smallest absolute Gasteiger partial charge is 0.410 e. The second-order valence-electron chi connectivity index (χ2n) is 14.6. The van der Waals surface area contributed by atoms with E-state index in [1.54, 1.807) is 17.9 Å². The van der Waals surface area contributed by atoms with Gasteiger partial charge in [0.2, 0.25) is 0 Å². The molecule has 0 aliphatic heterocycles. The number of aliphatic hydroxyl groups excluding tert-OH is 1. The molecule has 51 heavy (non-hydrogen) atoms. The topological polar surface area (TPSA) is 87.1 Å². The van der Waals surface area contributed by atoms with Crippen LogP contribution in [-0.2, 0) is 17.7 Å². The Labute approximate surface area is 298 Å². The lowest BCUT2D eigenvalue weighted by Crippen LogP contribution is -2.53. The average Bonchev–Trinajstić information content (AvgIpc) is 3.36. The van der Waals surface area contributed by atoms with Gasteiger partial charge in [-0.1, -0.05) is 73.2 Å². The molecule has 4 unspecified atom stereocenters.